The molecule has 5 N–H and O–H groups in total. The van der Waals surface area contributed by atoms with Gasteiger partial charge in [-0.3, -0.25) is 15.6 Å². The van der Waals surface area contributed by atoms with Crippen LogP contribution in [0.15, 0.2) is 24.5 Å². The molecule has 2 rings (SSSR count). The molecule has 0 aliphatic carbocycles. The molecule has 0 radical (unpaired) electrons. The average Bonchev–Trinajstić information content (AvgIpc) is 2.90. The summed E-state index contributed by atoms with van der Waals surface area (Å²) in [6.07, 6.45) is 20.0. The van der Waals surface area contributed by atoms with E-state index in [-0.39, 0.29) is 6.61 Å². The van der Waals surface area contributed by atoms with E-state index in [1.807, 2.05) is 0 Å². The highest BCUT2D eigenvalue weighted by Crippen LogP contribution is 2.27. The topological polar surface area (TPSA) is 114 Å². The molecule has 0 fully saturated rings. The zero-order chi connectivity index (χ0) is 27.4. The molecule has 0 saturated heterocycles. The summed E-state index contributed by atoms with van der Waals surface area (Å²) >= 11 is 11.9. The summed E-state index contributed by atoms with van der Waals surface area (Å²) in [7, 11) is 0. The predicted octanol–water partition coefficient (Wildman–Crippen LogP) is 7.78. The van der Waals surface area contributed by atoms with Gasteiger partial charge in [0.05, 0.1) is 5.02 Å². The number of amides is 1. The van der Waals surface area contributed by atoms with E-state index in [4.69, 9.17) is 33.7 Å². The van der Waals surface area contributed by atoms with Gasteiger partial charge in [0, 0.05) is 11.6 Å². The maximum absolute atomic E-state index is 12.1. The van der Waals surface area contributed by atoms with Gasteiger partial charge in [0.2, 0.25) is 0 Å². The molecular formula is C28H44Cl2N6O2. The van der Waals surface area contributed by atoms with Crippen molar-refractivity contribution in [2.24, 2.45) is 0 Å². The fourth-order valence-corrected chi connectivity index (χ4v) is 4.53. The molecule has 0 aliphatic rings. The smallest absolute Gasteiger partial charge is 0.276 e. The van der Waals surface area contributed by atoms with E-state index in [2.05, 4.69) is 33.1 Å². The van der Waals surface area contributed by atoms with Gasteiger partial charge < -0.3 is 15.8 Å². The standard InChI is InChI=1S/C28H44Cl2N6O2/c1-2-3-4-5-6-7-8-9-10-11-12-13-14-15-18-32-27-26(31)28(34-21-33-27)36-35-25(37)20-38-24-17-16-22(29)19-23(24)30/h16-17,19,21H,2-15,18,20,31H2,1H3,(H,35,37)(H2,32,33,34,36). The Kier molecular flexibility index (Phi) is 16.4. The Morgan fingerprint density at radius 2 is 1.45 bits per heavy atom. The molecular weight excluding hydrogens is 523 g/mol. The molecule has 212 valence electrons. The average molecular weight is 568 g/mol. The van der Waals surface area contributed by atoms with Crippen molar-refractivity contribution in [3.63, 3.8) is 0 Å². The van der Waals surface area contributed by atoms with Crippen LogP contribution in [-0.2, 0) is 4.79 Å². The number of ether oxygens (including phenoxy) is 1. The first-order valence-corrected chi connectivity index (χ1v) is 14.7. The first kappa shape index (κ1) is 31.8. The van der Waals surface area contributed by atoms with Crippen LogP contribution in [0.2, 0.25) is 10.0 Å². The zero-order valence-corrected chi connectivity index (χ0v) is 24.2. The van der Waals surface area contributed by atoms with Gasteiger partial charge in [-0.1, -0.05) is 114 Å². The highest BCUT2D eigenvalue weighted by Gasteiger charge is 2.10. The molecule has 0 spiro atoms. The van der Waals surface area contributed by atoms with E-state index in [0.29, 0.717) is 33.1 Å². The molecule has 0 unspecified atom stereocenters. The number of aromatic nitrogens is 2. The van der Waals surface area contributed by atoms with Gasteiger partial charge in [0.15, 0.2) is 18.2 Å². The van der Waals surface area contributed by atoms with E-state index in [0.717, 1.165) is 13.0 Å². The quantitative estimate of drug-likeness (QED) is 0.0900. The number of hydrazine groups is 1. The summed E-state index contributed by atoms with van der Waals surface area (Å²) in [6.45, 7) is 2.80. The van der Waals surface area contributed by atoms with Crippen LogP contribution in [0.25, 0.3) is 0 Å². The number of carbonyl (C=O) groups excluding carboxylic acids is 1. The van der Waals surface area contributed by atoms with Gasteiger partial charge in [-0.25, -0.2) is 9.97 Å². The van der Waals surface area contributed by atoms with E-state index in [9.17, 15) is 4.79 Å². The molecule has 0 aliphatic heterocycles. The van der Waals surface area contributed by atoms with Gasteiger partial charge in [-0.2, -0.15) is 0 Å². The second kappa shape index (κ2) is 19.6. The highest BCUT2D eigenvalue weighted by molar-refractivity contribution is 6.35. The maximum Gasteiger partial charge on any atom is 0.276 e. The van der Waals surface area contributed by atoms with Crippen LogP contribution in [0.5, 0.6) is 5.75 Å². The maximum atomic E-state index is 12.1. The van der Waals surface area contributed by atoms with E-state index in [1.165, 1.54) is 89.8 Å². The lowest BCUT2D eigenvalue weighted by atomic mass is 10.0. The number of unbranched alkanes of at least 4 members (excludes halogenated alkanes) is 13. The van der Waals surface area contributed by atoms with E-state index < -0.39 is 5.91 Å². The van der Waals surface area contributed by atoms with Crippen LogP contribution in [0.4, 0.5) is 17.3 Å². The Bertz CT molecular complexity index is 948. The third-order valence-electron chi connectivity index (χ3n) is 6.28. The zero-order valence-electron chi connectivity index (χ0n) is 22.7. The number of hydrogen-bond acceptors (Lipinski definition) is 7. The van der Waals surface area contributed by atoms with Crippen LogP contribution >= 0.6 is 23.2 Å². The molecule has 8 nitrogen and oxygen atoms in total. The van der Waals surface area contributed by atoms with Gasteiger partial charge >= 0.3 is 0 Å². The lowest BCUT2D eigenvalue weighted by molar-refractivity contribution is -0.122. The Labute approximate surface area is 237 Å². The number of nitrogens with zero attached hydrogens (tertiary/aromatic N) is 2. The second-order valence-corrected chi connectivity index (χ2v) is 10.4. The third-order valence-corrected chi connectivity index (χ3v) is 6.81. The lowest BCUT2D eigenvalue weighted by Crippen LogP contribution is -2.34. The Morgan fingerprint density at radius 3 is 2.05 bits per heavy atom. The van der Waals surface area contributed by atoms with Crippen molar-refractivity contribution in [3.8, 4) is 5.75 Å². The normalized spacial score (nSPS) is 10.8. The summed E-state index contributed by atoms with van der Waals surface area (Å²) in [5.74, 6) is 0.783. The number of benzene rings is 1. The Morgan fingerprint density at radius 1 is 0.868 bits per heavy atom. The summed E-state index contributed by atoms with van der Waals surface area (Å²) in [5, 5.41) is 4.08. The molecule has 10 heteroatoms. The van der Waals surface area contributed by atoms with Crippen molar-refractivity contribution in [2.75, 3.05) is 29.6 Å². The second-order valence-electron chi connectivity index (χ2n) is 9.54. The molecule has 0 bridgehead atoms. The van der Waals surface area contributed by atoms with E-state index >= 15 is 0 Å². The monoisotopic (exact) mass is 566 g/mol. The number of rotatable bonds is 21. The molecule has 38 heavy (non-hydrogen) atoms. The molecule has 0 atom stereocenters. The first-order chi connectivity index (χ1) is 18.5. The Balaban J connectivity index is 1.53. The van der Waals surface area contributed by atoms with Gasteiger partial charge in [-0.05, 0) is 24.6 Å². The van der Waals surface area contributed by atoms with Crippen molar-refractivity contribution >= 4 is 46.4 Å². The van der Waals surface area contributed by atoms with Gasteiger partial charge in [0.25, 0.3) is 5.91 Å². The number of nitrogens with one attached hydrogen (secondary N) is 3. The fourth-order valence-electron chi connectivity index (χ4n) is 4.06. The molecule has 2 aromatic rings. The van der Waals surface area contributed by atoms with Crippen LogP contribution in [-0.4, -0.2) is 29.0 Å². The fraction of sp³-hybridized carbons (Fsp3) is 0.607. The van der Waals surface area contributed by atoms with Crippen molar-refractivity contribution in [3.05, 3.63) is 34.6 Å². The van der Waals surface area contributed by atoms with Crippen molar-refractivity contribution < 1.29 is 9.53 Å². The van der Waals surface area contributed by atoms with Gasteiger partial charge in [0.1, 0.15) is 17.8 Å². The van der Waals surface area contributed by atoms with E-state index in [1.54, 1.807) is 18.2 Å². The highest BCUT2D eigenvalue weighted by atomic mass is 35.5. The van der Waals surface area contributed by atoms with Crippen molar-refractivity contribution in [2.45, 2.75) is 96.8 Å². The molecule has 1 amide bonds. The number of anilines is 3. The number of nitrogens with two attached hydrogens (primary N) is 1. The van der Waals surface area contributed by atoms with Crippen molar-refractivity contribution in [1.82, 2.24) is 15.4 Å². The summed E-state index contributed by atoms with van der Waals surface area (Å²) in [6, 6.07) is 4.78. The summed E-state index contributed by atoms with van der Waals surface area (Å²) in [4.78, 5) is 20.4. The van der Waals surface area contributed by atoms with Crippen LogP contribution < -0.4 is 26.6 Å². The third kappa shape index (κ3) is 13.4. The minimum absolute atomic E-state index is 0.246. The largest absolute Gasteiger partial charge is 0.482 e. The minimum atomic E-state index is -0.425. The van der Waals surface area contributed by atoms with Crippen molar-refractivity contribution in [1.29, 1.82) is 0 Å². The number of nitrogen functional groups attached to an aromatic ring is 1. The number of halogens is 2. The first-order valence-electron chi connectivity index (χ1n) is 14.0. The Hall–Kier alpha value is -2.45. The number of carbonyl (C=O) groups is 1. The SMILES string of the molecule is CCCCCCCCCCCCCCCCNc1ncnc(NNC(=O)COc2ccc(Cl)cc2Cl)c1N. The molecule has 1 heterocycles. The number of hydrogen-bond donors (Lipinski definition) is 4. The molecule has 1 aromatic heterocycles. The summed E-state index contributed by atoms with van der Waals surface area (Å²) < 4.78 is 5.41. The predicted molar refractivity (Wildman–Crippen MR) is 159 cm³/mol. The molecule has 1 aromatic carbocycles. The van der Waals surface area contributed by atoms with Crippen LogP contribution in [0, 0.1) is 0 Å². The van der Waals surface area contributed by atoms with Gasteiger partial charge in [-0.15, -0.1) is 0 Å². The lowest BCUT2D eigenvalue weighted by Gasteiger charge is -2.13. The van der Waals surface area contributed by atoms with Crippen LogP contribution in [0.1, 0.15) is 96.8 Å². The minimum Gasteiger partial charge on any atom is -0.482 e. The molecule has 0 saturated carbocycles. The van der Waals surface area contributed by atoms with Crippen LogP contribution in [0.3, 0.4) is 0 Å². The summed E-state index contributed by atoms with van der Waals surface area (Å²) in [5.41, 5.74) is 11.7.